The van der Waals surface area contributed by atoms with Gasteiger partial charge in [0.15, 0.2) is 0 Å². The van der Waals surface area contributed by atoms with Crippen molar-refractivity contribution >= 4 is 34.7 Å². The van der Waals surface area contributed by atoms with Crippen LogP contribution in [0.25, 0.3) is 0 Å². The van der Waals surface area contributed by atoms with E-state index in [-0.39, 0.29) is 5.91 Å². The van der Waals surface area contributed by atoms with Gasteiger partial charge in [-0.05, 0) is 55.0 Å². The molecule has 28 heavy (non-hydrogen) atoms. The van der Waals surface area contributed by atoms with Crippen molar-refractivity contribution in [3.8, 4) is 11.5 Å². The molecule has 144 valence electrons. The van der Waals surface area contributed by atoms with Crippen molar-refractivity contribution in [1.29, 1.82) is 0 Å². The second-order valence-electron chi connectivity index (χ2n) is 6.03. The van der Waals surface area contributed by atoms with E-state index in [1.807, 2.05) is 19.1 Å². The maximum absolute atomic E-state index is 12.7. The monoisotopic (exact) mass is 397 g/mol. The summed E-state index contributed by atoms with van der Waals surface area (Å²) in [6, 6.07) is 14.0. The molecule has 0 bridgehead atoms. The third kappa shape index (κ3) is 4.53. The van der Waals surface area contributed by atoms with E-state index in [4.69, 9.17) is 21.1 Å². The molecular formula is C21H20ClN3O3. The fourth-order valence-corrected chi connectivity index (χ4v) is 2.88. The Labute approximate surface area is 168 Å². The highest BCUT2D eigenvalue weighted by atomic mass is 35.5. The topological polar surface area (TPSA) is 72.5 Å². The van der Waals surface area contributed by atoms with E-state index in [1.54, 1.807) is 56.8 Å². The van der Waals surface area contributed by atoms with Crippen LogP contribution >= 0.6 is 11.6 Å². The normalized spacial score (nSPS) is 10.3. The van der Waals surface area contributed by atoms with E-state index in [0.717, 1.165) is 11.3 Å². The molecule has 0 radical (unpaired) electrons. The van der Waals surface area contributed by atoms with E-state index < -0.39 is 0 Å². The van der Waals surface area contributed by atoms with Gasteiger partial charge in [0.05, 0.1) is 19.9 Å². The Morgan fingerprint density at radius 1 is 1.00 bits per heavy atom. The lowest BCUT2D eigenvalue weighted by Gasteiger charge is -2.13. The molecule has 0 aliphatic rings. The van der Waals surface area contributed by atoms with Crippen molar-refractivity contribution in [1.82, 2.24) is 4.98 Å². The van der Waals surface area contributed by atoms with Gasteiger partial charge in [0.25, 0.3) is 5.91 Å². The molecule has 0 spiro atoms. The van der Waals surface area contributed by atoms with Gasteiger partial charge in [-0.15, -0.1) is 0 Å². The molecule has 0 atom stereocenters. The van der Waals surface area contributed by atoms with Crippen LogP contribution in [0.3, 0.4) is 0 Å². The van der Waals surface area contributed by atoms with E-state index in [2.05, 4.69) is 15.6 Å². The zero-order chi connectivity index (χ0) is 20.1. The summed E-state index contributed by atoms with van der Waals surface area (Å²) >= 11 is 5.99. The number of pyridine rings is 1. The maximum atomic E-state index is 12.7. The van der Waals surface area contributed by atoms with Crippen LogP contribution in [0, 0.1) is 6.92 Å². The molecule has 0 aliphatic heterocycles. The minimum absolute atomic E-state index is 0.287. The summed E-state index contributed by atoms with van der Waals surface area (Å²) in [6.45, 7) is 1.94. The number of benzene rings is 2. The van der Waals surface area contributed by atoms with Gasteiger partial charge in [-0.1, -0.05) is 11.6 Å². The van der Waals surface area contributed by atoms with Crippen LogP contribution in [0.2, 0.25) is 5.02 Å². The lowest BCUT2D eigenvalue weighted by molar-refractivity contribution is 0.102. The Kier molecular flexibility index (Phi) is 6.01. The zero-order valence-corrected chi connectivity index (χ0v) is 16.5. The largest absolute Gasteiger partial charge is 0.497 e. The number of aryl methyl sites for hydroxylation is 1. The van der Waals surface area contributed by atoms with Crippen molar-refractivity contribution in [2.45, 2.75) is 6.92 Å². The number of aromatic nitrogens is 1. The molecule has 2 aromatic carbocycles. The van der Waals surface area contributed by atoms with E-state index in [1.165, 1.54) is 0 Å². The number of hydrogen-bond acceptors (Lipinski definition) is 5. The van der Waals surface area contributed by atoms with Gasteiger partial charge < -0.3 is 20.1 Å². The number of carbonyl (C=O) groups is 1. The predicted molar refractivity (Wildman–Crippen MR) is 111 cm³/mol. The van der Waals surface area contributed by atoms with Crippen LogP contribution in [0.1, 0.15) is 15.9 Å². The quantitative estimate of drug-likeness (QED) is 0.608. The zero-order valence-electron chi connectivity index (χ0n) is 15.7. The van der Waals surface area contributed by atoms with Crippen molar-refractivity contribution < 1.29 is 14.3 Å². The van der Waals surface area contributed by atoms with Crippen LogP contribution in [-0.4, -0.2) is 25.1 Å². The lowest BCUT2D eigenvalue weighted by atomic mass is 10.2. The summed E-state index contributed by atoms with van der Waals surface area (Å²) in [5.41, 5.74) is 2.81. The van der Waals surface area contributed by atoms with Crippen molar-refractivity contribution in [2.24, 2.45) is 0 Å². The molecule has 1 amide bonds. The fourth-order valence-electron chi connectivity index (χ4n) is 2.65. The molecular weight excluding hydrogens is 378 g/mol. The van der Waals surface area contributed by atoms with Crippen LogP contribution < -0.4 is 20.1 Å². The number of carbonyl (C=O) groups excluding carboxylic acids is 1. The summed E-state index contributed by atoms with van der Waals surface area (Å²) in [5.74, 6) is 1.42. The standard InChI is InChI=1S/C21H20ClN3O3/c1-13-10-15(22)4-6-17(13)24-20-11-14(8-9-23-20)21(26)25-18-12-16(27-2)5-7-19(18)28-3/h4-12H,1-3H3,(H,23,24)(H,25,26). The van der Waals surface area contributed by atoms with Gasteiger partial charge in [-0.25, -0.2) is 4.98 Å². The molecule has 7 heteroatoms. The van der Waals surface area contributed by atoms with Crippen molar-refractivity contribution in [2.75, 3.05) is 24.9 Å². The summed E-state index contributed by atoms with van der Waals surface area (Å²) in [6.07, 6.45) is 1.57. The Hall–Kier alpha value is -3.25. The molecule has 6 nitrogen and oxygen atoms in total. The number of nitrogens with zero attached hydrogens (tertiary/aromatic N) is 1. The third-order valence-electron chi connectivity index (χ3n) is 4.13. The first-order chi connectivity index (χ1) is 13.5. The van der Waals surface area contributed by atoms with Crippen LogP contribution in [0.15, 0.2) is 54.7 Å². The molecule has 0 unspecified atom stereocenters. The number of anilines is 3. The van der Waals surface area contributed by atoms with Crippen molar-refractivity contribution in [3.63, 3.8) is 0 Å². The molecule has 1 aromatic heterocycles. The number of ether oxygens (including phenoxy) is 2. The Morgan fingerprint density at radius 2 is 1.82 bits per heavy atom. The Morgan fingerprint density at radius 3 is 2.54 bits per heavy atom. The highest BCUT2D eigenvalue weighted by Crippen LogP contribution is 2.29. The van der Waals surface area contributed by atoms with Crippen LogP contribution in [0.4, 0.5) is 17.2 Å². The average Bonchev–Trinajstić information content (AvgIpc) is 2.70. The Balaban J connectivity index is 1.81. The molecule has 0 saturated heterocycles. The van der Waals surface area contributed by atoms with Gasteiger partial charge >= 0.3 is 0 Å². The van der Waals surface area contributed by atoms with E-state index in [9.17, 15) is 4.79 Å². The van der Waals surface area contributed by atoms with Gasteiger partial charge in [-0.2, -0.15) is 0 Å². The van der Waals surface area contributed by atoms with Gasteiger partial charge in [-0.3, -0.25) is 4.79 Å². The van der Waals surface area contributed by atoms with Crippen molar-refractivity contribution in [3.05, 3.63) is 70.9 Å². The molecule has 3 aromatic rings. The number of hydrogen-bond donors (Lipinski definition) is 2. The summed E-state index contributed by atoms with van der Waals surface area (Å²) in [4.78, 5) is 17.0. The number of amides is 1. The molecule has 0 aliphatic carbocycles. The summed E-state index contributed by atoms with van der Waals surface area (Å²) in [7, 11) is 3.10. The van der Waals surface area contributed by atoms with Crippen LogP contribution in [0.5, 0.6) is 11.5 Å². The minimum Gasteiger partial charge on any atom is -0.497 e. The van der Waals surface area contributed by atoms with Gasteiger partial charge in [0.2, 0.25) is 0 Å². The maximum Gasteiger partial charge on any atom is 0.255 e. The molecule has 0 fully saturated rings. The number of methoxy groups -OCH3 is 2. The SMILES string of the molecule is COc1ccc(OC)c(NC(=O)c2ccnc(Nc3ccc(Cl)cc3C)c2)c1. The highest BCUT2D eigenvalue weighted by molar-refractivity contribution is 6.30. The van der Waals surface area contributed by atoms with Gasteiger partial charge in [0.1, 0.15) is 17.3 Å². The molecule has 2 N–H and O–H groups in total. The molecule has 3 rings (SSSR count). The average molecular weight is 398 g/mol. The minimum atomic E-state index is -0.287. The van der Waals surface area contributed by atoms with Gasteiger partial charge in [0, 0.05) is 28.5 Å². The lowest BCUT2D eigenvalue weighted by Crippen LogP contribution is -2.13. The second-order valence-corrected chi connectivity index (χ2v) is 6.47. The number of halogens is 1. The summed E-state index contributed by atoms with van der Waals surface area (Å²) in [5, 5.41) is 6.71. The van der Waals surface area contributed by atoms with Crippen LogP contribution in [-0.2, 0) is 0 Å². The number of rotatable bonds is 6. The van der Waals surface area contributed by atoms with E-state index >= 15 is 0 Å². The molecule has 0 saturated carbocycles. The summed E-state index contributed by atoms with van der Waals surface area (Å²) < 4.78 is 10.5. The highest BCUT2D eigenvalue weighted by Gasteiger charge is 2.12. The first-order valence-electron chi connectivity index (χ1n) is 8.53. The smallest absolute Gasteiger partial charge is 0.255 e. The van der Waals surface area contributed by atoms with E-state index in [0.29, 0.717) is 33.6 Å². The third-order valence-corrected chi connectivity index (χ3v) is 4.36. The first-order valence-corrected chi connectivity index (χ1v) is 8.90. The molecule has 1 heterocycles. The fraction of sp³-hybridized carbons (Fsp3) is 0.143. The first kappa shape index (κ1) is 19.5. The predicted octanol–water partition coefficient (Wildman–Crippen LogP) is 5.06. The number of nitrogens with one attached hydrogen (secondary N) is 2. The second kappa shape index (κ2) is 8.63. The Bertz CT molecular complexity index is 1010.